The Morgan fingerprint density at radius 2 is 2.16 bits per heavy atom. The molecule has 0 saturated carbocycles. The van der Waals surface area contributed by atoms with Crippen LogP contribution in [0.15, 0.2) is 17.1 Å². The van der Waals surface area contributed by atoms with E-state index in [9.17, 15) is 9.59 Å². The smallest absolute Gasteiger partial charge is 0.256 e. The number of hydrogen-bond donors (Lipinski definition) is 2. The third-order valence-corrected chi connectivity index (χ3v) is 3.28. The average Bonchev–Trinajstić information content (AvgIpc) is 2.34. The molecule has 0 fully saturated rings. The minimum absolute atomic E-state index is 0.0258. The van der Waals surface area contributed by atoms with Gasteiger partial charge in [0.05, 0.1) is 0 Å². The highest BCUT2D eigenvalue weighted by atomic mass is 35.5. The fourth-order valence-corrected chi connectivity index (χ4v) is 1.93. The first kappa shape index (κ1) is 15.8. The molecule has 106 valence electrons. The minimum Gasteiger partial charge on any atom is -0.364 e. The minimum atomic E-state index is -0.333. The van der Waals surface area contributed by atoms with Gasteiger partial charge in [0.15, 0.2) is 5.43 Å². The molecule has 0 spiro atoms. The number of aryl methyl sites for hydroxylation is 1. The fourth-order valence-electron chi connectivity index (χ4n) is 1.80. The van der Waals surface area contributed by atoms with Crippen molar-refractivity contribution < 1.29 is 4.79 Å². The highest BCUT2D eigenvalue weighted by molar-refractivity contribution is 6.17. The molecule has 19 heavy (non-hydrogen) atoms. The second-order valence-electron chi connectivity index (χ2n) is 5.53. The summed E-state index contributed by atoms with van der Waals surface area (Å²) in [6.45, 7) is 6.44. The molecule has 1 rings (SSSR count). The monoisotopic (exact) mass is 284 g/mol. The lowest BCUT2D eigenvalue weighted by Gasteiger charge is -2.24. The van der Waals surface area contributed by atoms with E-state index < -0.39 is 0 Å². The summed E-state index contributed by atoms with van der Waals surface area (Å²) >= 11 is 5.67. The van der Waals surface area contributed by atoms with Crippen molar-refractivity contribution in [3.05, 3.63) is 33.7 Å². The lowest BCUT2D eigenvalue weighted by molar-refractivity contribution is 0.0933. The van der Waals surface area contributed by atoms with E-state index in [0.29, 0.717) is 12.4 Å². The fraction of sp³-hybridized carbons (Fsp3) is 0.571. The second kappa shape index (κ2) is 6.75. The van der Waals surface area contributed by atoms with Crippen LogP contribution in [0.2, 0.25) is 0 Å². The molecule has 0 aromatic carbocycles. The molecule has 4 nitrogen and oxygen atoms in total. The number of carbonyl (C=O) groups excluding carboxylic acids is 1. The highest BCUT2D eigenvalue weighted by Crippen LogP contribution is 2.21. The molecule has 0 aliphatic rings. The zero-order valence-corrected chi connectivity index (χ0v) is 12.4. The first-order chi connectivity index (χ1) is 8.85. The van der Waals surface area contributed by atoms with Crippen LogP contribution in [0.3, 0.4) is 0 Å². The van der Waals surface area contributed by atoms with Gasteiger partial charge in [-0.2, -0.15) is 0 Å². The van der Waals surface area contributed by atoms with Crippen LogP contribution in [-0.2, 0) is 0 Å². The maximum atomic E-state index is 11.9. The number of carbonyl (C=O) groups is 1. The molecule has 0 atom stereocenters. The van der Waals surface area contributed by atoms with Gasteiger partial charge in [0.1, 0.15) is 5.56 Å². The van der Waals surface area contributed by atoms with Gasteiger partial charge in [-0.05, 0) is 25.2 Å². The molecule has 2 N–H and O–H groups in total. The third-order valence-electron chi connectivity index (χ3n) is 3.02. The van der Waals surface area contributed by atoms with E-state index in [1.807, 2.05) is 0 Å². The number of aromatic amines is 1. The van der Waals surface area contributed by atoms with Gasteiger partial charge in [-0.1, -0.05) is 13.8 Å². The van der Waals surface area contributed by atoms with Crippen LogP contribution in [0.1, 0.15) is 42.7 Å². The largest absolute Gasteiger partial charge is 0.364 e. The van der Waals surface area contributed by atoms with Gasteiger partial charge in [-0.25, -0.2) is 0 Å². The van der Waals surface area contributed by atoms with Crippen LogP contribution in [0, 0.1) is 12.3 Å². The van der Waals surface area contributed by atoms with Crippen molar-refractivity contribution in [1.82, 2.24) is 10.3 Å². The summed E-state index contributed by atoms with van der Waals surface area (Å²) in [7, 11) is 0. The molecule has 0 bridgehead atoms. The Balaban J connectivity index is 2.63. The van der Waals surface area contributed by atoms with E-state index in [2.05, 4.69) is 24.1 Å². The summed E-state index contributed by atoms with van der Waals surface area (Å²) in [5.41, 5.74) is 0.609. The number of halogens is 1. The van der Waals surface area contributed by atoms with Crippen molar-refractivity contribution >= 4 is 17.5 Å². The number of pyridine rings is 1. The molecule has 1 aromatic rings. The molecule has 0 unspecified atom stereocenters. The van der Waals surface area contributed by atoms with Crippen LogP contribution in [-0.4, -0.2) is 23.3 Å². The standard InChI is InChI=1S/C14H21ClN2O2/c1-10-7-12(18)11(8-16-10)13(19)17-9-14(2,3)5-4-6-15/h7-8H,4-6,9H2,1-3H3,(H,16,18)(H,17,19). The van der Waals surface area contributed by atoms with Crippen LogP contribution < -0.4 is 10.7 Å². The number of aromatic nitrogens is 1. The normalized spacial score (nSPS) is 11.4. The van der Waals surface area contributed by atoms with Gasteiger partial charge in [-0.3, -0.25) is 9.59 Å². The van der Waals surface area contributed by atoms with E-state index in [0.717, 1.165) is 18.5 Å². The second-order valence-corrected chi connectivity index (χ2v) is 5.91. The van der Waals surface area contributed by atoms with Gasteiger partial charge in [0.25, 0.3) is 5.91 Å². The first-order valence-corrected chi connectivity index (χ1v) is 6.93. The van der Waals surface area contributed by atoms with Crippen molar-refractivity contribution in [3.63, 3.8) is 0 Å². The number of H-pyrrole nitrogens is 1. The van der Waals surface area contributed by atoms with Crippen molar-refractivity contribution in [2.24, 2.45) is 5.41 Å². The van der Waals surface area contributed by atoms with E-state index in [1.165, 1.54) is 12.3 Å². The Morgan fingerprint density at radius 3 is 2.74 bits per heavy atom. The Bertz CT molecular complexity index is 494. The number of amides is 1. The van der Waals surface area contributed by atoms with Crippen molar-refractivity contribution in [3.8, 4) is 0 Å². The Morgan fingerprint density at radius 1 is 1.47 bits per heavy atom. The van der Waals surface area contributed by atoms with Crippen molar-refractivity contribution in [1.29, 1.82) is 0 Å². The van der Waals surface area contributed by atoms with Gasteiger partial charge in [0, 0.05) is 30.4 Å². The predicted octanol–water partition coefficient (Wildman–Crippen LogP) is 2.46. The lowest BCUT2D eigenvalue weighted by Crippen LogP contribution is -2.36. The molecule has 0 aliphatic heterocycles. The van der Waals surface area contributed by atoms with E-state index in [1.54, 1.807) is 6.92 Å². The zero-order valence-electron chi connectivity index (χ0n) is 11.7. The predicted molar refractivity (Wildman–Crippen MR) is 77.9 cm³/mol. The molecule has 1 heterocycles. The Labute approximate surface area is 118 Å². The summed E-state index contributed by atoms with van der Waals surface area (Å²) in [5.74, 6) is 0.287. The average molecular weight is 285 g/mol. The van der Waals surface area contributed by atoms with E-state index in [4.69, 9.17) is 11.6 Å². The summed E-state index contributed by atoms with van der Waals surface area (Å²) in [5, 5.41) is 2.81. The van der Waals surface area contributed by atoms with Crippen LogP contribution >= 0.6 is 11.6 Å². The Hall–Kier alpha value is -1.29. The quantitative estimate of drug-likeness (QED) is 0.788. The van der Waals surface area contributed by atoms with Crippen LogP contribution in [0.4, 0.5) is 0 Å². The van der Waals surface area contributed by atoms with Crippen molar-refractivity contribution in [2.75, 3.05) is 12.4 Å². The lowest BCUT2D eigenvalue weighted by atomic mass is 9.88. The highest BCUT2D eigenvalue weighted by Gasteiger charge is 2.19. The maximum absolute atomic E-state index is 11.9. The number of alkyl halides is 1. The topological polar surface area (TPSA) is 62.0 Å². The summed E-state index contributed by atoms with van der Waals surface area (Å²) < 4.78 is 0. The molecular weight excluding hydrogens is 264 g/mol. The van der Waals surface area contributed by atoms with Gasteiger partial charge < -0.3 is 10.3 Å². The van der Waals surface area contributed by atoms with Crippen molar-refractivity contribution in [2.45, 2.75) is 33.6 Å². The molecule has 0 radical (unpaired) electrons. The molecule has 1 aromatic heterocycles. The van der Waals surface area contributed by atoms with Gasteiger partial charge in [0.2, 0.25) is 0 Å². The van der Waals surface area contributed by atoms with Crippen LogP contribution in [0.25, 0.3) is 0 Å². The molecule has 0 aliphatic carbocycles. The molecule has 1 amide bonds. The third kappa shape index (κ3) is 5.07. The number of rotatable bonds is 6. The molecule has 5 heteroatoms. The maximum Gasteiger partial charge on any atom is 0.256 e. The van der Waals surface area contributed by atoms with Gasteiger partial charge in [-0.15, -0.1) is 11.6 Å². The van der Waals surface area contributed by atoms with E-state index >= 15 is 0 Å². The van der Waals surface area contributed by atoms with Gasteiger partial charge >= 0.3 is 0 Å². The Kier molecular flexibility index (Phi) is 5.60. The summed E-state index contributed by atoms with van der Waals surface area (Å²) in [6.07, 6.45) is 3.30. The number of hydrogen-bond acceptors (Lipinski definition) is 2. The van der Waals surface area contributed by atoms with Crippen LogP contribution in [0.5, 0.6) is 0 Å². The SMILES string of the molecule is Cc1cc(=O)c(C(=O)NCC(C)(C)CCCCl)c[nH]1. The molecule has 0 saturated heterocycles. The van der Waals surface area contributed by atoms with E-state index in [-0.39, 0.29) is 22.3 Å². The first-order valence-electron chi connectivity index (χ1n) is 6.39. The summed E-state index contributed by atoms with van der Waals surface area (Å²) in [6, 6.07) is 1.42. The zero-order chi connectivity index (χ0) is 14.5. The molecular formula is C14H21ClN2O2. The number of nitrogens with one attached hydrogen (secondary N) is 2. The summed E-state index contributed by atoms with van der Waals surface area (Å²) in [4.78, 5) is 26.5.